The van der Waals surface area contributed by atoms with Crippen LogP contribution >= 0.6 is 15.9 Å². The van der Waals surface area contributed by atoms with Crippen molar-refractivity contribution in [3.63, 3.8) is 0 Å². The summed E-state index contributed by atoms with van der Waals surface area (Å²) in [5.74, 6) is 0. The fourth-order valence-electron chi connectivity index (χ4n) is 1.28. The zero-order valence-corrected chi connectivity index (χ0v) is 11.1. The quantitative estimate of drug-likeness (QED) is 0.751. The predicted molar refractivity (Wildman–Crippen MR) is 70.2 cm³/mol. The minimum absolute atomic E-state index is 0.0860. The second-order valence-electron chi connectivity index (χ2n) is 3.34. The fraction of sp³-hybridized carbons (Fsp3) is 0. The molecule has 0 bridgehead atoms. The van der Waals surface area contributed by atoms with Gasteiger partial charge in [-0.25, -0.2) is 4.21 Å². The van der Waals surface area contributed by atoms with E-state index in [1.165, 1.54) is 12.1 Å². The Morgan fingerprint density at radius 3 is 2.18 bits per heavy atom. The Morgan fingerprint density at radius 1 is 1.00 bits per heavy atom. The monoisotopic (exact) mass is 313 g/mol. The number of rotatable bonds is 2. The highest BCUT2D eigenvalue weighted by Gasteiger charge is 2.09. The Morgan fingerprint density at radius 2 is 1.59 bits per heavy atom. The van der Waals surface area contributed by atoms with Crippen LogP contribution in [-0.4, -0.2) is 4.21 Å². The van der Waals surface area contributed by atoms with Crippen molar-refractivity contribution < 1.29 is 8.09 Å². The molecule has 2 nitrogen and oxygen atoms in total. The molecule has 0 aliphatic rings. The molecule has 2 rings (SSSR count). The molecule has 0 aliphatic heterocycles. The Labute approximate surface area is 108 Å². The van der Waals surface area contributed by atoms with Crippen LogP contribution < -0.4 is 0 Å². The molecule has 0 heterocycles. The van der Waals surface area contributed by atoms with Crippen molar-refractivity contribution in [2.24, 2.45) is 4.36 Å². The van der Waals surface area contributed by atoms with Gasteiger partial charge in [0.2, 0.25) is 10.1 Å². The van der Waals surface area contributed by atoms with Crippen LogP contribution in [0.3, 0.4) is 0 Å². The van der Waals surface area contributed by atoms with Gasteiger partial charge < -0.3 is 0 Å². The van der Waals surface area contributed by atoms with Gasteiger partial charge >= 0.3 is 0 Å². The number of nitrogens with zero attached hydrogens (tertiary/aromatic N) is 1. The molecule has 0 radical (unpaired) electrons. The second-order valence-corrected chi connectivity index (χ2v) is 5.83. The van der Waals surface area contributed by atoms with Crippen LogP contribution in [0.1, 0.15) is 0 Å². The summed E-state index contributed by atoms with van der Waals surface area (Å²) in [5.41, 5.74) is 0.351. The first-order valence-corrected chi connectivity index (χ1v) is 7.06. The van der Waals surface area contributed by atoms with Gasteiger partial charge in [0.25, 0.3) is 0 Å². The zero-order chi connectivity index (χ0) is 12.3. The van der Waals surface area contributed by atoms with Crippen LogP contribution in [0.25, 0.3) is 0 Å². The molecule has 2 aromatic rings. The summed E-state index contributed by atoms with van der Waals surface area (Å²) < 4.78 is 30.3. The van der Waals surface area contributed by atoms with Crippen LogP contribution in [0, 0.1) is 0 Å². The highest BCUT2D eigenvalue weighted by Crippen LogP contribution is 2.23. The topological polar surface area (TPSA) is 29.4 Å². The third-order valence-electron chi connectivity index (χ3n) is 2.08. The van der Waals surface area contributed by atoms with E-state index in [1.807, 2.05) is 0 Å². The smallest absolute Gasteiger partial charge is 0.211 e. The van der Waals surface area contributed by atoms with Crippen molar-refractivity contribution in [2.45, 2.75) is 4.90 Å². The van der Waals surface area contributed by atoms with E-state index in [0.29, 0.717) is 5.69 Å². The summed E-state index contributed by atoms with van der Waals surface area (Å²) in [6.07, 6.45) is 0. The van der Waals surface area contributed by atoms with Crippen molar-refractivity contribution in [1.82, 2.24) is 0 Å². The summed E-state index contributed by atoms with van der Waals surface area (Å²) in [4.78, 5) is 0.0860. The van der Waals surface area contributed by atoms with E-state index < -0.39 is 10.1 Å². The van der Waals surface area contributed by atoms with Crippen LogP contribution in [-0.2, 0) is 10.1 Å². The van der Waals surface area contributed by atoms with Gasteiger partial charge in [-0.1, -0.05) is 34.1 Å². The van der Waals surface area contributed by atoms with Gasteiger partial charge in [0.15, 0.2) is 0 Å². The van der Waals surface area contributed by atoms with Gasteiger partial charge in [-0.3, -0.25) is 0 Å². The van der Waals surface area contributed by atoms with E-state index in [4.69, 9.17) is 0 Å². The number of halogens is 2. The first-order chi connectivity index (χ1) is 8.08. The zero-order valence-electron chi connectivity index (χ0n) is 8.72. The average molecular weight is 314 g/mol. The van der Waals surface area contributed by atoms with Gasteiger partial charge in [0.1, 0.15) is 0 Å². The molecule has 5 heteroatoms. The number of benzene rings is 2. The molecule has 0 N–H and O–H groups in total. The standard InChI is InChI=1S/C12H9BrFNOS/c13-10-6-8-11(9-7-10)15-17(14,16)12-4-2-1-3-5-12/h1-9H. The molecule has 0 amide bonds. The van der Waals surface area contributed by atoms with Crippen LogP contribution in [0.15, 0.2) is 68.3 Å². The molecule has 0 aromatic heterocycles. The summed E-state index contributed by atoms with van der Waals surface area (Å²) in [5, 5.41) is 0. The lowest BCUT2D eigenvalue weighted by Gasteiger charge is -2.00. The average Bonchev–Trinajstić information content (AvgIpc) is 2.33. The summed E-state index contributed by atoms with van der Waals surface area (Å²) in [7, 11) is -3.87. The van der Waals surface area contributed by atoms with Crippen molar-refractivity contribution in [3.05, 3.63) is 59.1 Å². The summed E-state index contributed by atoms with van der Waals surface area (Å²) in [6.45, 7) is 0. The van der Waals surface area contributed by atoms with E-state index in [2.05, 4.69) is 20.3 Å². The maximum absolute atomic E-state index is 14.0. The molecular weight excluding hydrogens is 305 g/mol. The highest BCUT2D eigenvalue weighted by atomic mass is 79.9. The SMILES string of the molecule is O=S(F)(=Nc1ccc(Br)cc1)c1ccccc1. The third-order valence-corrected chi connectivity index (χ3v) is 3.91. The lowest BCUT2D eigenvalue weighted by molar-refractivity contribution is 0.639. The van der Waals surface area contributed by atoms with E-state index in [1.54, 1.807) is 42.5 Å². The Kier molecular flexibility index (Phi) is 3.59. The van der Waals surface area contributed by atoms with Gasteiger partial charge in [-0.15, -0.1) is 3.89 Å². The molecule has 17 heavy (non-hydrogen) atoms. The summed E-state index contributed by atoms with van der Waals surface area (Å²) >= 11 is 3.26. The Bertz CT molecular complexity index is 619. The molecule has 0 spiro atoms. The van der Waals surface area contributed by atoms with E-state index in [0.717, 1.165) is 4.47 Å². The predicted octanol–water partition coefficient (Wildman–Crippen LogP) is 4.49. The highest BCUT2D eigenvalue weighted by molar-refractivity contribution is 9.10. The minimum atomic E-state index is -3.87. The molecular formula is C12H9BrFNOS. The molecule has 0 saturated heterocycles. The molecule has 2 aromatic carbocycles. The minimum Gasteiger partial charge on any atom is -0.211 e. The molecule has 1 atom stereocenters. The molecule has 0 saturated carbocycles. The van der Waals surface area contributed by atoms with Gasteiger partial charge in [-0.05, 0) is 36.4 Å². The maximum atomic E-state index is 14.0. The maximum Gasteiger partial charge on any atom is 0.235 e. The van der Waals surface area contributed by atoms with Crippen molar-refractivity contribution in [3.8, 4) is 0 Å². The first-order valence-electron chi connectivity index (χ1n) is 4.85. The van der Waals surface area contributed by atoms with Crippen LogP contribution in [0.4, 0.5) is 9.57 Å². The lowest BCUT2D eigenvalue weighted by Crippen LogP contribution is -1.90. The van der Waals surface area contributed by atoms with Crippen molar-refractivity contribution >= 4 is 31.7 Å². The number of hydrogen-bond donors (Lipinski definition) is 0. The van der Waals surface area contributed by atoms with E-state index in [-0.39, 0.29) is 4.90 Å². The Balaban J connectivity index is 2.46. The molecule has 1 unspecified atom stereocenters. The van der Waals surface area contributed by atoms with Crippen molar-refractivity contribution in [2.75, 3.05) is 0 Å². The summed E-state index contributed by atoms with van der Waals surface area (Å²) in [6, 6.07) is 14.6. The molecule has 0 fully saturated rings. The van der Waals surface area contributed by atoms with E-state index in [9.17, 15) is 8.09 Å². The van der Waals surface area contributed by atoms with Crippen molar-refractivity contribution in [1.29, 1.82) is 0 Å². The normalized spacial score (nSPS) is 14.0. The lowest BCUT2D eigenvalue weighted by atomic mass is 10.3. The molecule has 0 aliphatic carbocycles. The van der Waals surface area contributed by atoms with Gasteiger partial charge in [0.05, 0.1) is 10.6 Å². The number of hydrogen-bond acceptors (Lipinski definition) is 2. The second kappa shape index (κ2) is 4.98. The van der Waals surface area contributed by atoms with Crippen LogP contribution in [0.5, 0.6) is 0 Å². The van der Waals surface area contributed by atoms with Gasteiger partial charge in [0, 0.05) is 4.47 Å². The first kappa shape index (κ1) is 12.3. The fourth-order valence-corrected chi connectivity index (χ4v) is 2.53. The largest absolute Gasteiger partial charge is 0.235 e. The van der Waals surface area contributed by atoms with E-state index >= 15 is 0 Å². The Hall–Kier alpha value is -1.20. The van der Waals surface area contributed by atoms with Gasteiger partial charge in [-0.2, -0.15) is 4.36 Å². The van der Waals surface area contributed by atoms with Crippen LogP contribution in [0.2, 0.25) is 0 Å². The third kappa shape index (κ3) is 3.14. The molecule has 88 valence electrons.